The van der Waals surface area contributed by atoms with Gasteiger partial charge >= 0.3 is 0 Å². The molecule has 2 nitrogen and oxygen atoms in total. The maximum atomic E-state index is 13.0. The highest BCUT2D eigenvalue weighted by Gasteiger charge is 2.44. The lowest BCUT2D eigenvalue weighted by atomic mass is 9.98. The molecule has 0 unspecified atom stereocenters. The summed E-state index contributed by atoms with van der Waals surface area (Å²) in [5.74, 6) is 6.89. The van der Waals surface area contributed by atoms with Crippen molar-refractivity contribution in [1.82, 2.24) is 4.90 Å². The van der Waals surface area contributed by atoms with Crippen molar-refractivity contribution in [3.8, 4) is 11.8 Å². The molecule has 0 rings (SSSR count). The Hall–Kier alpha value is -0.403. The average Bonchev–Trinajstić information content (AvgIpc) is 2.30. The molecule has 0 bridgehead atoms. The van der Waals surface area contributed by atoms with Gasteiger partial charge in [0.05, 0.1) is 12.9 Å². The Morgan fingerprint density at radius 3 is 1.67 bits per heavy atom. The summed E-state index contributed by atoms with van der Waals surface area (Å²) in [6.45, 7) is 26.3. The number of carbonyl (C=O) groups is 1. The Labute approximate surface area is 156 Å². The SMILES string of the molecule is CC(C)N(C(=O)S[C@@H](C#CC(C)(C)C)[Si](C)(C)C(C)(C)C)C(C)C. The Morgan fingerprint density at radius 2 is 1.38 bits per heavy atom. The van der Waals surface area contributed by atoms with Crippen LogP contribution in [0.25, 0.3) is 0 Å². The summed E-state index contributed by atoms with van der Waals surface area (Å²) >= 11 is 1.46. The highest BCUT2D eigenvalue weighted by molar-refractivity contribution is 8.15. The van der Waals surface area contributed by atoms with Crippen LogP contribution in [0.1, 0.15) is 69.2 Å². The topological polar surface area (TPSA) is 20.3 Å². The Balaban J connectivity index is 5.74. The molecule has 0 aromatic rings. The van der Waals surface area contributed by atoms with Gasteiger partial charge in [-0.05, 0) is 53.5 Å². The first-order valence-electron chi connectivity index (χ1n) is 9.02. The summed E-state index contributed by atoms with van der Waals surface area (Å²) in [6, 6.07) is 0.418. The number of nitrogens with zero attached hydrogens (tertiary/aromatic N) is 1. The van der Waals surface area contributed by atoms with Crippen LogP contribution in [-0.4, -0.2) is 35.2 Å². The summed E-state index contributed by atoms with van der Waals surface area (Å²) in [7, 11) is -1.77. The van der Waals surface area contributed by atoms with E-state index in [0.717, 1.165) is 0 Å². The third kappa shape index (κ3) is 6.84. The molecule has 4 heteroatoms. The summed E-state index contributed by atoms with van der Waals surface area (Å²) in [5.41, 5.74) is -0.0417. The lowest BCUT2D eigenvalue weighted by molar-refractivity contribution is 0.190. The van der Waals surface area contributed by atoms with Gasteiger partial charge in [0.2, 0.25) is 0 Å². The van der Waals surface area contributed by atoms with E-state index in [1.54, 1.807) is 0 Å². The largest absolute Gasteiger partial charge is 0.329 e. The van der Waals surface area contributed by atoms with Crippen LogP contribution in [0, 0.1) is 17.3 Å². The predicted octanol–water partition coefficient (Wildman–Crippen LogP) is 6.42. The van der Waals surface area contributed by atoms with E-state index in [2.05, 4.69) is 94.2 Å². The van der Waals surface area contributed by atoms with Gasteiger partial charge in [0, 0.05) is 17.5 Å². The van der Waals surface area contributed by atoms with Gasteiger partial charge in [0.15, 0.2) is 0 Å². The molecule has 0 aliphatic heterocycles. The van der Waals surface area contributed by atoms with Gasteiger partial charge in [0.25, 0.3) is 5.24 Å². The molecule has 0 heterocycles. The van der Waals surface area contributed by atoms with Crippen molar-refractivity contribution in [3.63, 3.8) is 0 Å². The van der Waals surface area contributed by atoms with Crippen molar-refractivity contribution < 1.29 is 4.79 Å². The van der Waals surface area contributed by atoms with Crippen LogP contribution in [0.15, 0.2) is 0 Å². The fraction of sp³-hybridized carbons (Fsp3) is 0.850. The van der Waals surface area contributed by atoms with Gasteiger partial charge in [-0.1, -0.05) is 57.5 Å². The minimum Gasteiger partial charge on any atom is -0.329 e. The van der Waals surface area contributed by atoms with Crippen molar-refractivity contribution in [1.29, 1.82) is 0 Å². The van der Waals surface area contributed by atoms with E-state index in [1.165, 1.54) is 11.8 Å². The summed E-state index contributed by atoms with van der Waals surface area (Å²) in [6.07, 6.45) is 0. The van der Waals surface area contributed by atoms with E-state index in [-0.39, 0.29) is 32.6 Å². The Morgan fingerprint density at radius 1 is 0.958 bits per heavy atom. The molecule has 1 amide bonds. The first-order valence-corrected chi connectivity index (χ1v) is 13.0. The van der Waals surface area contributed by atoms with Gasteiger partial charge < -0.3 is 4.90 Å². The van der Waals surface area contributed by atoms with Gasteiger partial charge in [-0.3, -0.25) is 4.79 Å². The zero-order valence-electron chi connectivity index (χ0n) is 18.0. The molecule has 0 aliphatic rings. The van der Waals surface area contributed by atoms with E-state index in [9.17, 15) is 4.79 Å². The molecule has 0 aromatic carbocycles. The molecule has 1 atom stereocenters. The van der Waals surface area contributed by atoms with Gasteiger partial charge in [0.1, 0.15) is 0 Å². The molecule has 0 saturated carbocycles. The van der Waals surface area contributed by atoms with Crippen LogP contribution in [0.5, 0.6) is 0 Å². The second-order valence-electron chi connectivity index (χ2n) is 9.85. The van der Waals surface area contributed by atoms with E-state index in [0.29, 0.717) is 0 Å². The van der Waals surface area contributed by atoms with Gasteiger partial charge in [-0.25, -0.2) is 0 Å². The number of amides is 1. The van der Waals surface area contributed by atoms with Crippen LogP contribution in [0.4, 0.5) is 4.79 Å². The van der Waals surface area contributed by atoms with Crippen LogP contribution < -0.4 is 0 Å². The van der Waals surface area contributed by atoms with Crippen molar-refractivity contribution in [2.45, 2.75) is 104 Å². The number of hydrogen-bond acceptors (Lipinski definition) is 2. The molecule has 0 N–H and O–H groups in total. The van der Waals surface area contributed by atoms with Crippen LogP contribution >= 0.6 is 11.8 Å². The lowest BCUT2D eigenvalue weighted by Crippen LogP contribution is -2.49. The first kappa shape index (κ1) is 23.6. The minimum absolute atomic E-state index is 0.0417. The van der Waals surface area contributed by atoms with Crippen molar-refractivity contribution in [3.05, 3.63) is 0 Å². The third-order valence-electron chi connectivity index (χ3n) is 4.71. The second kappa shape index (κ2) is 8.32. The lowest BCUT2D eigenvalue weighted by Gasteiger charge is -2.41. The summed E-state index contributed by atoms with van der Waals surface area (Å²) in [5, 5.41) is 0.357. The smallest absolute Gasteiger partial charge is 0.283 e. The molecule has 0 aromatic heterocycles. The molecule has 0 aliphatic carbocycles. The molecular formula is C20H39NOSSi. The quantitative estimate of drug-likeness (QED) is 0.420. The Bertz CT molecular complexity index is 478. The summed E-state index contributed by atoms with van der Waals surface area (Å²) in [4.78, 5) is 15.1. The highest BCUT2D eigenvalue weighted by Crippen LogP contribution is 2.42. The van der Waals surface area contributed by atoms with E-state index >= 15 is 0 Å². The van der Waals surface area contributed by atoms with Crippen LogP contribution in [0.2, 0.25) is 18.1 Å². The fourth-order valence-corrected chi connectivity index (χ4v) is 6.84. The molecule has 0 fully saturated rings. The number of hydrogen-bond donors (Lipinski definition) is 0. The van der Waals surface area contributed by atoms with Crippen molar-refractivity contribution in [2.24, 2.45) is 5.41 Å². The van der Waals surface area contributed by atoms with E-state index < -0.39 is 8.07 Å². The van der Waals surface area contributed by atoms with Crippen LogP contribution in [0.3, 0.4) is 0 Å². The van der Waals surface area contributed by atoms with E-state index in [4.69, 9.17) is 0 Å². The van der Waals surface area contributed by atoms with Gasteiger partial charge in [-0.2, -0.15) is 0 Å². The van der Waals surface area contributed by atoms with Crippen molar-refractivity contribution in [2.75, 3.05) is 0 Å². The molecule has 0 spiro atoms. The average molecular weight is 370 g/mol. The maximum Gasteiger partial charge on any atom is 0.283 e. The zero-order chi connectivity index (χ0) is 19.5. The molecule has 0 radical (unpaired) electrons. The van der Waals surface area contributed by atoms with E-state index in [1.807, 2.05) is 4.90 Å². The highest BCUT2D eigenvalue weighted by atomic mass is 32.2. The molecular weight excluding hydrogens is 330 g/mol. The molecule has 140 valence electrons. The maximum absolute atomic E-state index is 13.0. The standard InChI is InChI=1S/C20H39NOSSi/c1-15(2)21(16(3)4)18(22)23-17(13-14-19(5,6)7)24(11,12)20(8,9)10/h15-17H,1-12H3/t17-/m1/s1. The normalized spacial score (nSPS) is 14.4. The summed E-state index contributed by atoms with van der Waals surface area (Å²) < 4.78 is 0. The van der Waals surface area contributed by atoms with Crippen LogP contribution in [-0.2, 0) is 0 Å². The molecule has 24 heavy (non-hydrogen) atoms. The minimum atomic E-state index is -1.77. The third-order valence-corrected chi connectivity index (χ3v) is 12.9. The zero-order valence-corrected chi connectivity index (χ0v) is 19.8. The number of rotatable bonds is 4. The Kier molecular flexibility index (Phi) is 8.18. The first-order chi connectivity index (χ1) is 10.5. The second-order valence-corrected chi connectivity index (χ2v) is 16.8. The predicted molar refractivity (Wildman–Crippen MR) is 113 cm³/mol. The number of carbonyl (C=O) groups excluding carboxylic acids is 1. The molecule has 0 saturated heterocycles. The fourth-order valence-electron chi connectivity index (χ4n) is 2.21. The monoisotopic (exact) mass is 369 g/mol. The van der Waals surface area contributed by atoms with Crippen molar-refractivity contribution >= 4 is 25.1 Å². The van der Waals surface area contributed by atoms with Gasteiger partial charge in [-0.15, -0.1) is 0 Å². The number of thioether (sulfide) groups is 1.